The van der Waals surface area contributed by atoms with Crippen molar-refractivity contribution < 1.29 is 0 Å². The molecule has 0 saturated carbocycles. The summed E-state index contributed by atoms with van der Waals surface area (Å²) in [6, 6.07) is 3.66. The molecular formula is C7H7ClIN. The largest absolute Gasteiger partial charge is 0.398 e. The molecule has 1 nitrogen and oxygen atoms in total. The van der Waals surface area contributed by atoms with Crippen LogP contribution < -0.4 is 5.73 Å². The molecule has 10 heavy (non-hydrogen) atoms. The van der Waals surface area contributed by atoms with Crippen LogP contribution in [0.15, 0.2) is 12.1 Å². The second-order valence-electron chi connectivity index (χ2n) is 2.10. The number of rotatable bonds is 0. The van der Waals surface area contributed by atoms with E-state index < -0.39 is 0 Å². The van der Waals surface area contributed by atoms with Crippen LogP contribution in [0, 0.1) is 10.5 Å². The number of benzene rings is 1. The number of hydrogen-bond donors (Lipinski definition) is 1. The SMILES string of the molecule is Cc1c(N)cc(Cl)cc1I. The van der Waals surface area contributed by atoms with Crippen molar-refractivity contribution in [2.75, 3.05) is 5.73 Å². The fourth-order valence-electron chi connectivity index (χ4n) is 0.666. The van der Waals surface area contributed by atoms with Crippen molar-refractivity contribution in [1.82, 2.24) is 0 Å². The lowest BCUT2D eigenvalue weighted by Gasteiger charge is -2.02. The third-order valence-electron chi connectivity index (χ3n) is 1.35. The van der Waals surface area contributed by atoms with E-state index in [-0.39, 0.29) is 0 Å². The fourth-order valence-corrected chi connectivity index (χ4v) is 1.72. The normalized spacial score (nSPS) is 9.90. The first-order chi connectivity index (χ1) is 4.61. The predicted octanol–water partition coefficient (Wildman–Crippen LogP) is 2.84. The lowest BCUT2D eigenvalue weighted by molar-refractivity contribution is 1.43. The topological polar surface area (TPSA) is 26.0 Å². The molecule has 0 unspecified atom stereocenters. The Kier molecular flexibility index (Phi) is 2.41. The van der Waals surface area contributed by atoms with Gasteiger partial charge in [-0.15, -0.1) is 0 Å². The molecular weight excluding hydrogens is 260 g/mol. The summed E-state index contributed by atoms with van der Waals surface area (Å²) in [5, 5.41) is 0.701. The van der Waals surface area contributed by atoms with E-state index in [1.54, 1.807) is 6.07 Å². The van der Waals surface area contributed by atoms with E-state index in [2.05, 4.69) is 22.6 Å². The van der Waals surface area contributed by atoms with Gasteiger partial charge < -0.3 is 5.73 Å². The zero-order valence-corrected chi connectivity index (χ0v) is 8.40. The van der Waals surface area contributed by atoms with Crippen molar-refractivity contribution in [2.24, 2.45) is 0 Å². The summed E-state index contributed by atoms with van der Waals surface area (Å²) >= 11 is 7.95. The Morgan fingerprint density at radius 3 is 2.60 bits per heavy atom. The molecule has 54 valence electrons. The van der Waals surface area contributed by atoms with Crippen molar-refractivity contribution in [3.8, 4) is 0 Å². The molecule has 3 heteroatoms. The highest BCUT2D eigenvalue weighted by Gasteiger charge is 1.99. The first-order valence-electron chi connectivity index (χ1n) is 2.82. The van der Waals surface area contributed by atoms with Gasteiger partial charge in [0.05, 0.1) is 0 Å². The molecule has 0 bridgehead atoms. The third kappa shape index (κ3) is 1.55. The van der Waals surface area contributed by atoms with Crippen LogP contribution in [0.2, 0.25) is 5.02 Å². The Morgan fingerprint density at radius 2 is 2.10 bits per heavy atom. The van der Waals surface area contributed by atoms with Crippen LogP contribution in [-0.2, 0) is 0 Å². The molecule has 0 aromatic heterocycles. The molecule has 0 amide bonds. The zero-order chi connectivity index (χ0) is 7.72. The van der Waals surface area contributed by atoms with Gasteiger partial charge in [-0.25, -0.2) is 0 Å². The smallest absolute Gasteiger partial charge is 0.0437 e. The highest BCUT2D eigenvalue weighted by atomic mass is 127. The van der Waals surface area contributed by atoms with E-state index in [0.717, 1.165) is 14.8 Å². The minimum absolute atomic E-state index is 0.701. The maximum atomic E-state index is 5.74. The summed E-state index contributed by atoms with van der Waals surface area (Å²) in [6.45, 7) is 1.98. The van der Waals surface area contributed by atoms with Crippen LogP contribution in [-0.4, -0.2) is 0 Å². The van der Waals surface area contributed by atoms with Crippen molar-refractivity contribution >= 4 is 39.9 Å². The molecule has 0 spiro atoms. The molecule has 0 fully saturated rings. The van der Waals surface area contributed by atoms with Gasteiger partial charge in [0.25, 0.3) is 0 Å². The first kappa shape index (κ1) is 8.14. The van der Waals surface area contributed by atoms with Gasteiger partial charge in [-0.1, -0.05) is 11.6 Å². The van der Waals surface area contributed by atoms with E-state index >= 15 is 0 Å². The number of nitrogen functional groups attached to an aromatic ring is 1. The van der Waals surface area contributed by atoms with Crippen LogP contribution in [0.5, 0.6) is 0 Å². The van der Waals surface area contributed by atoms with Gasteiger partial charge in [0, 0.05) is 14.3 Å². The first-order valence-corrected chi connectivity index (χ1v) is 4.28. The molecule has 0 heterocycles. The average molecular weight is 267 g/mol. The third-order valence-corrected chi connectivity index (χ3v) is 2.69. The molecule has 1 rings (SSSR count). The Hall–Kier alpha value is 0.0400. The summed E-state index contributed by atoms with van der Waals surface area (Å²) in [7, 11) is 0. The molecule has 1 aromatic rings. The van der Waals surface area contributed by atoms with E-state index in [1.165, 1.54) is 0 Å². The average Bonchev–Trinajstić information content (AvgIpc) is 1.82. The van der Waals surface area contributed by atoms with Crippen molar-refractivity contribution in [1.29, 1.82) is 0 Å². The predicted molar refractivity (Wildman–Crippen MR) is 53.3 cm³/mol. The summed E-state index contributed by atoms with van der Waals surface area (Å²) in [4.78, 5) is 0. The van der Waals surface area contributed by atoms with Crippen molar-refractivity contribution in [3.63, 3.8) is 0 Å². The zero-order valence-electron chi connectivity index (χ0n) is 5.49. The number of halogens is 2. The molecule has 0 aliphatic rings. The van der Waals surface area contributed by atoms with Crippen LogP contribution in [0.4, 0.5) is 5.69 Å². The van der Waals surface area contributed by atoms with Gasteiger partial charge >= 0.3 is 0 Å². The summed E-state index contributed by atoms with van der Waals surface area (Å²) < 4.78 is 1.11. The van der Waals surface area contributed by atoms with Gasteiger partial charge in [0.15, 0.2) is 0 Å². The highest BCUT2D eigenvalue weighted by molar-refractivity contribution is 14.1. The standard InChI is InChI=1S/C7H7ClIN/c1-4-6(9)2-5(8)3-7(4)10/h2-3H,10H2,1H3. The fraction of sp³-hybridized carbons (Fsp3) is 0.143. The number of hydrogen-bond acceptors (Lipinski definition) is 1. The second-order valence-corrected chi connectivity index (χ2v) is 3.70. The van der Waals surface area contributed by atoms with E-state index in [4.69, 9.17) is 17.3 Å². The molecule has 0 atom stereocenters. The maximum Gasteiger partial charge on any atom is 0.0437 e. The Labute approximate surface area is 78.7 Å². The summed E-state index contributed by atoms with van der Waals surface area (Å²) in [5.74, 6) is 0. The van der Waals surface area contributed by atoms with Gasteiger partial charge in [0.1, 0.15) is 0 Å². The number of nitrogens with two attached hydrogens (primary N) is 1. The minimum atomic E-state index is 0.701. The van der Waals surface area contributed by atoms with Gasteiger partial charge in [0.2, 0.25) is 0 Å². The van der Waals surface area contributed by atoms with E-state index in [1.807, 2.05) is 13.0 Å². The monoisotopic (exact) mass is 267 g/mol. The van der Waals surface area contributed by atoms with Crippen molar-refractivity contribution in [2.45, 2.75) is 6.92 Å². The molecule has 2 N–H and O–H groups in total. The van der Waals surface area contributed by atoms with Crippen molar-refractivity contribution in [3.05, 3.63) is 26.3 Å². The quantitative estimate of drug-likeness (QED) is 0.568. The Balaban J connectivity index is 3.31. The maximum absolute atomic E-state index is 5.74. The lowest BCUT2D eigenvalue weighted by atomic mass is 10.2. The molecule has 0 saturated heterocycles. The minimum Gasteiger partial charge on any atom is -0.398 e. The highest BCUT2D eigenvalue weighted by Crippen LogP contribution is 2.23. The second kappa shape index (κ2) is 2.96. The Bertz CT molecular complexity index is 237. The van der Waals surface area contributed by atoms with Crippen LogP contribution in [0.1, 0.15) is 5.56 Å². The summed E-state index contributed by atoms with van der Waals surface area (Å²) in [6.07, 6.45) is 0. The number of anilines is 1. The molecule has 0 aliphatic heterocycles. The summed E-state index contributed by atoms with van der Waals surface area (Å²) in [5.41, 5.74) is 7.50. The van der Waals surface area contributed by atoms with Crippen LogP contribution >= 0.6 is 34.2 Å². The van der Waals surface area contributed by atoms with Gasteiger partial charge in [-0.05, 0) is 47.2 Å². The van der Waals surface area contributed by atoms with Crippen LogP contribution in [0.3, 0.4) is 0 Å². The molecule has 0 aliphatic carbocycles. The molecule has 1 aromatic carbocycles. The van der Waals surface area contributed by atoms with Crippen LogP contribution in [0.25, 0.3) is 0 Å². The Morgan fingerprint density at radius 1 is 1.50 bits per heavy atom. The van der Waals surface area contributed by atoms with E-state index in [0.29, 0.717) is 5.02 Å². The lowest BCUT2D eigenvalue weighted by Crippen LogP contribution is -1.91. The van der Waals surface area contributed by atoms with Gasteiger partial charge in [-0.2, -0.15) is 0 Å². The molecule has 0 radical (unpaired) electrons. The van der Waals surface area contributed by atoms with Gasteiger partial charge in [-0.3, -0.25) is 0 Å². The van der Waals surface area contributed by atoms with E-state index in [9.17, 15) is 0 Å².